The molecule has 60 valence electrons. The Morgan fingerprint density at radius 3 is 2.73 bits per heavy atom. The summed E-state index contributed by atoms with van der Waals surface area (Å²) in [5, 5.41) is 0.697. The van der Waals surface area contributed by atoms with E-state index >= 15 is 0 Å². The largest absolute Gasteiger partial charge is 0.159 e. The molecular formula is C8H9ClFN. The second kappa shape index (κ2) is 4.31. The van der Waals surface area contributed by atoms with Crippen molar-refractivity contribution in [3.05, 3.63) is 34.9 Å². The van der Waals surface area contributed by atoms with Crippen molar-refractivity contribution in [3.8, 4) is 0 Å². The second-order valence-electron chi connectivity index (χ2n) is 2.23. The maximum atomic E-state index is 11.5. The van der Waals surface area contributed by atoms with Gasteiger partial charge in [0.25, 0.3) is 0 Å². The molecule has 0 aliphatic rings. The van der Waals surface area contributed by atoms with Crippen molar-refractivity contribution in [1.29, 1.82) is 0 Å². The van der Waals surface area contributed by atoms with Gasteiger partial charge in [-0.2, -0.15) is 5.54 Å². The van der Waals surface area contributed by atoms with Crippen LogP contribution in [0.5, 0.6) is 0 Å². The van der Waals surface area contributed by atoms with Crippen LogP contribution in [0.3, 0.4) is 0 Å². The highest BCUT2D eigenvalue weighted by molar-refractivity contribution is 6.31. The minimum Gasteiger partial charge on any atom is -0.159 e. The fourth-order valence-corrected chi connectivity index (χ4v) is 1.11. The van der Waals surface area contributed by atoms with Gasteiger partial charge in [0.2, 0.25) is 0 Å². The smallest absolute Gasteiger partial charge is 0.0438 e. The summed E-state index contributed by atoms with van der Waals surface area (Å²) in [4.78, 5) is 0. The number of rotatable bonds is 3. The molecule has 0 bridgehead atoms. The van der Waals surface area contributed by atoms with Crippen LogP contribution >= 0.6 is 11.6 Å². The van der Waals surface area contributed by atoms with E-state index in [9.17, 15) is 4.48 Å². The van der Waals surface area contributed by atoms with Crippen LogP contribution in [0.25, 0.3) is 0 Å². The van der Waals surface area contributed by atoms with Crippen molar-refractivity contribution in [2.24, 2.45) is 0 Å². The lowest BCUT2D eigenvalue weighted by Crippen LogP contribution is -2.05. The molecule has 0 aromatic heterocycles. The molecule has 3 heteroatoms. The molecule has 0 amide bonds. The standard InChI is InChI=1S/C8H9ClFN/c9-8-4-2-1-3-7(8)5-6-11-10/h1-4,11H,5-6H2. The zero-order valence-corrected chi connectivity index (χ0v) is 6.74. The molecule has 0 aliphatic carbocycles. The molecule has 1 rings (SSSR count). The maximum absolute atomic E-state index is 11.5. The Hall–Kier alpha value is -0.600. The van der Waals surface area contributed by atoms with Gasteiger partial charge in [-0.1, -0.05) is 29.8 Å². The summed E-state index contributed by atoms with van der Waals surface area (Å²) in [6, 6.07) is 7.43. The van der Waals surface area contributed by atoms with Gasteiger partial charge in [-0.15, -0.1) is 4.48 Å². The van der Waals surface area contributed by atoms with Gasteiger partial charge in [-0.3, -0.25) is 0 Å². The van der Waals surface area contributed by atoms with Crippen LogP contribution < -0.4 is 5.54 Å². The van der Waals surface area contributed by atoms with Crippen LogP contribution in [0.1, 0.15) is 5.56 Å². The number of hydrogen-bond donors (Lipinski definition) is 1. The minimum atomic E-state index is 0.309. The summed E-state index contributed by atoms with van der Waals surface area (Å²) in [6.07, 6.45) is 0.621. The van der Waals surface area contributed by atoms with Crippen LogP contribution in [-0.2, 0) is 6.42 Å². The Morgan fingerprint density at radius 1 is 1.36 bits per heavy atom. The number of benzene rings is 1. The molecule has 0 fully saturated rings. The fourth-order valence-electron chi connectivity index (χ4n) is 0.883. The predicted molar refractivity (Wildman–Crippen MR) is 44.3 cm³/mol. The van der Waals surface area contributed by atoms with Gasteiger partial charge >= 0.3 is 0 Å². The summed E-state index contributed by atoms with van der Waals surface area (Å²) in [7, 11) is 0. The van der Waals surface area contributed by atoms with Crippen molar-refractivity contribution in [2.45, 2.75) is 6.42 Å². The molecule has 1 aromatic rings. The third kappa shape index (κ3) is 2.48. The molecule has 1 N–H and O–H groups in total. The molecule has 1 nitrogen and oxygen atoms in total. The topological polar surface area (TPSA) is 12.0 Å². The summed E-state index contributed by atoms with van der Waals surface area (Å²) < 4.78 is 11.5. The Labute approximate surface area is 70.1 Å². The maximum Gasteiger partial charge on any atom is 0.0438 e. The number of halogens is 2. The average Bonchev–Trinajstić information content (AvgIpc) is 2.03. The van der Waals surface area contributed by atoms with Gasteiger partial charge in [0.05, 0.1) is 0 Å². The van der Waals surface area contributed by atoms with Gasteiger partial charge in [0, 0.05) is 11.6 Å². The Morgan fingerprint density at radius 2 is 2.09 bits per heavy atom. The van der Waals surface area contributed by atoms with E-state index in [1.54, 1.807) is 11.6 Å². The molecule has 0 atom stereocenters. The zero-order valence-electron chi connectivity index (χ0n) is 5.98. The Balaban J connectivity index is 2.62. The van der Waals surface area contributed by atoms with Crippen LogP contribution in [0, 0.1) is 0 Å². The summed E-state index contributed by atoms with van der Waals surface area (Å²) in [5.74, 6) is 0. The van der Waals surface area contributed by atoms with Crippen molar-refractivity contribution >= 4 is 11.6 Å². The fraction of sp³-hybridized carbons (Fsp3) is 0.250. The van der Waals surface area contributed by atoms with E-state index in [1.165, 1.54) is 0 Å². The molecule has 0 aliphatic heterocycles. The van der Waals surface area contributed by atoms with Gasteiger partial charge in [0.1, 0.15) is 0 Å². The van der Waals surface area contributed by atoms with Crippen molar-refractivity contribution in [2.75, 3.05) is 6.54 Å². The van der Waals surface area contributed by atoms with Crippen molar-refractivity contribution in [3.63, 3.8) is 0 Å². The molecule has 1 aromatic carbocycles. The Bertz CT molecular complexity index is 227. The lowest BCUT2D eigenvalue weighted by atomic mass is 10.1. The van der Waals surface area contributed by atoms with Crippen molar-refractivity contribution in [1.82, 2.24) is 5.54 Å². The molecule has 0 unspecified atom stereocenters. The second-order valence-corrected chi connectivity index (χ2v) is 2.63. The molecule has 0 radical (unpaired) electrons. The van der Waals surface area contributed by atoms with Gasteiger partial charge in [0.15, 0.2) is 0 Å². The average molecular weight is 174 g/mol. The first-order valence-corrected chi connectivity index (χ1v) is 3.79. The third-order valence-electron chi connectivity index (χ3n) is 1.45. The third-order valence-corrected chi connectivity index (χ3v) is 1.82. The van der Waals surface area contributed by atoms with Crippen LogP contribution in [0.15, 0.2) is 24.3 Å². The summed E-state index contributed by atoms with van der Waals surface area (Å²) >= 11 is 5.81. The zero-order chi connectivity index (χ0) is 8.10. The summed E-state index contributed by atoms with van der Waals surface area (Å²) in [6.45, 7) is 0.309. The number of hydrogen-bond acceptors (Lipinski definition) is 1. The quantitative estimate of drug-likeness (QED) is 0.692. The van der Waals surface area contributed by atoms with Gasteiger partial charge in [-0.25, -0.2) is 0 Å². The highest BCUT2D eigenvalue weighted by atomic mass is 35.5. The van der Waals surface area contributed by atoms with E-state index < -0.39 is 0 Å². The molecular weight excluding hydrogens is 165 g/mol. The SMILES string of the molecule is FNCCc1ccccc1Cl. The molecule has 0 spiro atoms. The number of nitrogens with one attached hydrogen (secondary N) is 1. The molecule has 0 saturated heterocycles. The lowest BCUT2D eigenvalue weighted by molar-refractivity contribution is 0.337. The normalized spacial score (nSPS) is 10.0. The van der Waals surface area contributed by atoms with E-state index in [-0.39, 0.29) is 0 Å². The highest BCUT2D eigenvalue weighted by Crippen LogP contribution is 2.14. The first-order chi connectivity index (χ1) is 5.34. The van der Waals surface area contributed by atoms with Crippen LogP contribution in [-0.4, -0.2) is 6.54 Å². The Kier molecular flexibility index (Phi) is 3.33. The monoisotopic (exact) mass is 173 g/mol. The van der Waals surface area contributed by atoms with E-state index in [4.69, 9.17) is 11.6 Å². The van der Waals surface area contributed by atoms with E-state index in [0.717, 1.165) is 5.56 Å². The minimum absolute atomic E-state index is 0.309. The lowest BCUT2D eigenvalue weighted by Gasteiger charge is -2.00. The molecule has 0 saturated carbocycles. The molecule has 11 heavy (non-hydrogen) atoms. The first-order valence-electron chi connectivity index (χ1n) is 3.41. The van der Waals surface area contributed by atoms with E-state index in [0.29, 0.717) is 18.0 Å². The predicted octanol–water partition coefficient (Wildman–Crippen LogP) is 2.36. The van der Waals surface area contributed by atoms with E-state index in [2.05, 4.69) is 0 Å². The van der Waals surface area contributed by atoms with Crippen molar-refractivity contribution < 1.29 is 4.48 Å². The van der Waals surface area contributed by atoms with Crippen LogP contribution in [0.4, 0.5) is 4.48 Å². The van der Waals surface area contributed by atoms with Gasteiger partial charge < -0.3 is 0 Å². The van der Waals surface area contributed by atoms with Crippen LogP contribution in [0.2, 0.25) is 5.02 Å². The van der Waals surface area contributed by atoms with E-state index in [1.807, 2.05) is 18.2 Å². The van der Waals surface area contributed by atoms with Gasteiger partial charge in [-0.05, 0) is 18.1 Å². The summed E-state index contributed by atoms with van der Waals surface area (Å²) in [5.41, 5.74) is 2.56. The highest BCUT2D eigenvalue weighted by Gasteiger charge is 1.96. The first kappa shape index (κ1) is 8.50. The molecule has 0 heterocycles.